The number of hydrogen-bond donors (Lipinski definition) is 0. The second kappa shape index (κ2) is 5.40. The molecular formula is C21H17NO. The highest BCUT2D eigenvalue weighted by Gasteiger charge is 2.12. The molecule has 0 fully saturated rings. The van der Waals surface area contributed by atoms with E-state index in [1.807, 2.05) is 12.1 Å². The fourth-order valence-electron chi connectivity index (χ4n) is 3.26. The molecule has 0 saturated carbocycles. The van der Waals surface area contributed by atoms with Crippen molar-refractivity contribution in [2.24, 2.45) is 0 Å². The van der Waals surface area contributed by atoms with Crippen LogP contribution in [0.4, 0.5) is 0 Å². The Hall–Kier alpha value is -2.87. The number of fused-ring (bicyclic) bond motifs is 3. The summed E-state index contributed by atoms with van der Waals surface area (Å²) < 4.78 is 2.11. The molecule has 0 atom stereocenters. The Morgan fingerprint density at radius 1 is 0.783 bits per heavy atom. The van der Waals surface area contributed by atoms with Crippen molar-refractivity contribution in [1.82, 2.24) is 4.57 Å². The number of carbonyl (C=O) groups is 1. The topological polar surface area (TPSA) is 22.0 Å². The summed E-state index contributed by atoms with van der Waals surface area (Å²) in [7, 11) is 0. The van der Waals surface area contributed by atoms with Crippen molar-refractivity contribution in [3.8, 4) is 11.1 Å². The van der Waals surface area contributed by atoms with Crippen molar-refractivity contribution in [2.75, 3.05) is 0 Å². The summed E-state index contributed by atoms with van der Waals surface area (Å²) in [5.41, 5.74) is 4.63. The lowest BCUT2D eigenvalue weighted by Crippen LogP contribution is -2.05. The van der Waals surface area contributed by atoms with Crippen molar-refractivity contribution in [2.45, 2.75) is 13.5 Å². The Balaban J connectivity index is 2.02. The molecule has 3 aromatic carbocycles. The molecule has 0 aliphatic rings. The molecule has 112 valence electrons. The molecule has 0 aliphatic carbocycles. The molecule has 0 unspecified atom stereocenters. The van der Waals surface area contributed by atoms with Crippen molar-refractivity contribution in [3.05, 3.63) is 72.8 Å². The molecule has 0 radical (unpaired) electrons. The third-order valence-corrected chi connectivity index (χ3v) is 4.26. The molecule has 4 aromatic rings. The number of hydrogen-bond acceptors (Lipinski definition) is 1. The smallest absolute Gasteiger partial charge is 0.149 e. The Morgan fingerprint density at radius 3 is 2.26 bits per heavy atom. The van der Waals surface area contributed by atoms with E-state index in [9.17, 15) is 4.79 Å². The van der Waals surface area contributed by atoms with Crippen molar-refractivity contribution in [3.63, 3.8) is 0 Å². The maximum atomic E-state index is 11.7. The first-order valence-electron chi connectivity index (χ1n) is 7.80. The predicted octanol–water partition coefficient (Wildman–Crippen LogP) is 5.05. The van der Waals surface area contributed by atoms with Crippen LogP contribution < -0.4 is 0 Å². The van der Waals surface area contributed by atoms with E-state index < -0.39 is 0 Å². The lowest BCUT2D eigenvalue weighted by Gasteiger charge is -2.05. The fraction of sp³-hybridized carbons (Fsp3) is 0.0952. The molecule has 0 spiro atoms. The molecule has 4 rings (SSSR count). The minimum absolute atomic E-state index is 0.166. The van der Waals surface area contributed by atoms with Crippen molar-refractivity contribution < 1.29 is 4.79 Å². The van der Waals surface area contributed by atoms with Gasteiger partial charge in [0.1, 0.15) is 5.78 Å². The maximum Gasteiger partial charge on any atom is 0.149 e. The minimum Gasteiger partial charge on any atom is -0.333 e. The molecular weight excluding hydrogens is 282 g/mol. The number of Topliss-reactive ketones (excluding diaryl/α,β-unsaturated/α-hetero) is 1. The van der Waals surface area contributed by atoms with Gasteiger partial charge in [-0.2, -0.15) is 0 Å². The number of nitrogens with zero attached hydrogens (tertiary/aromatic N) is 1. The van der Waals surface area contributed by atoms with E-state index in [0.29, 0.717) is 6.54 Å². The van der Waals surface area contributed by atoms with Gasteiger partial charge in [0, 0.05) is 21.8 Å². The van der Waals surface area contributed by atoms with Gasteiger partial charge in [0.2, 0.25) is 0 Å². The molecule has 0 N–H and O–H groups in total. The Bertz CT molecular complexity index is 1010. The van der Waals surface area contributed by atoms with Gasteiger partial charge in [-0.1, -0.05) is 54.6 Å². The predicted molar refractivity (Wildman–Crippen MR) is 95.6 cm³/mol. The van der Waals surface area contributed by atoms with E-state index in [1.165, 1.54) is 21.9 Å². The molecule has 23 heavy (non-hydrogen) atoms. The third-order valence-electron chi connectivity index (χ3n) is 4.26. The highest BCUT2D eigenvalue weighted by Crippen LogP contribution is 2.32. The van der Waals surface area contributed by atoms with Crippen LogP contribution in [-0.2, 0) is 11.3 Å². The largest absolute Gasteiger partial charge is 0.333 e. The van der Waals surface area contributed by atoms with Gasteiger partial charge in [-0.3, -0.25) is 4.79 Å². The van der Waals surface area contributed by atoms with Gasteiger partial charge in [0.15, 0.2) is 0 Å². The van der Waals surface area contributed by atoms with Crippen molar-refractivity contribution in [1.29, 1.82) is 0 Å². The van der Waals surface area contributed by atoms with E-state index in [4.69, 9.17) is 0 Å². The molecule has 2 heteroatoms. The average Bonchev–Trinajstić information content (AvgIpc) is 2.89. The number of benzene rings is 3. The van der Waals surface area contributed by atoms with Gasteiger partial charge in [-0.15, -0.1) is 0 Å². The molecule has 0 amide bonds. The zero-order valence-electron chi connectivity index (χ0n) is 13.0. The molecule has 1 aromatic heterocycles. The zero-order valence-corrected chi connectivity index (χ0v) is 13.0. The number of ketones is 1. The van der Waals surface area contributed by atoms with E-state index >= 15 is 0 Å². The first-order valence-corrected chi connectivity index (χ1v) is 7.80. The van der Waals surface area contributed by atoms with Crippen LogP contribution in [-0.4, -0.2) is 10.4 Å². The van der Waals surface area contributed by atoms with Crippen LogP contribution in [0.1, 0.15) is 6.92 Å². The lowest BCUT2D eigenvalue weighted by molar-refractivity contribution is -0.117. The quantitative estimate of drug-likeness (QED) is 0.519. The zero-order chi connectivity index (χ0) is 15.8. The number of aromatic nitrogens is 1. The van der Waals surface area contributed by atoms with Gasteiger partial charge in [-0.25, -0.2) is 0 Å². The molecule has 0 aliphatic heterocycles. The molecule has 0 bridgehead atoms. The second-order valence-electron chi connectivity index (χ2n) is 5.90. The van der Waals surface area contributed by atoms with Gasteiger partial charge in [0.05, 0.1) is 6.54 Å². The standard InChI is InChI=1S/C21H17NO/c1-15(23)14-22-20-10-6-5-9-18(20)19-13-17(11-12-21(19)22)16-7-3-2-4-8-16/h2-13H,14H2,1H3. The first kappa shape index (κ1) is 13.8. The summed E-state index contributed by atoms with van der Waals surface area (Å²) in [5, 5.41) is 2.39. The van der Waals surface area contributed by atoms with E-state index in [-0.39, 0.29) is 5.78 Å². The van der Waals surface area contributed by atoms with Crippen LogP contribution in [0.2, 0.25) is 0 Å². The highest BCUT2D eigenvalue weighted by atomic mass is 16.1. The highest BCUT2D eigenvalue weighted by molar-refractivity contribution is 6.09. The summed E-state index contributed by atoms with van der Waals surface area (Å²) in [6.45, 7) is 2.05. The van der Waals surface area contributed by atoms with Gasteiger partial charge in [0.25, 0.3) is 0 Å². The van der Waals surface area contributed by atoms with Crippen LogP contribution in [0.5, 0.6) is 0 Å². The second-order valence-corrected chi connectivity index (χ2v) is 5.90. The summed E-state index contributed by atoms with van der Waals surface area (Å²) in [6.07, 6.45) is 0. The average molecular weight is 299 g/mol. The van der Waals surface area contributed by atoms with Gasteiger partial charge < -0.3 is 4.57 Å². The Labute approximate surface area is 135 Å². The third kappa shape index (κ3) is 2.33. The summed E-state index contributed by atoms with van der Waals surface area (Å²) >= 11 is 0. The first-order chi connectivity index (χ1) is 11.2. The Morgan fingerprint density at radius 2 is 1.48 bits per heavy atom. The van der Waals surface area contributed by atoms with E-state index in [2.05, 4.69) is 65.2 Å². The van der Waals surface area contributed by atoms with Crippen LogP contribution in [0.25, 0.3) is 32.9 Å². The SMILES string of the molecule is CC(=O)Cn1c2ccccc2c2cc(-c3ccccc3)ccc21. The number of rotatable bonds is 3. The van der Waals surface area contributed by atoms with Crippen LogP contribution in [0.3, 0.4) is 0 Å². The fourth-order valence-corrected chi connectivity index (χ4v) is 3.26. The Kier molecular flexibility index (Phi) is 3.23. The summed E-state index contributed by atoms with van der Waals surface area (Å²) in [6, 6.07) is 25.1. The normalized spacial score (nSPS) is 11.2. The molecule has 0 saturated heterocycles. The number of para-hydroxylation sites is 1. The van der Waals surface area contributed by atoms with E-state index in [0.717, 1.165) is 11.0 Å². The van der Waals surface area contributed by atoms with Crippen molar-refractivity contribution >= 4 is 27.6 Å². The lowest BCUT2D eigenvalue weighted by atomic mass is 10.0. The van der Waals surface area contributed by atoms with E-state index in [1.54, 1.807) is 6.92 Å². The summed E-state index contributed by atoms with van der Waals surface area (Å²) in [5.74, 6) is 0.166. The van der Waals surface area contributed by atoms with Crippen LogP contribution in [0, 0.1) is 0 Å². The minimum atomic E-state index is 0.166. The van der Waals surface area contributed by atoms with Crippen LogP contribution >= 0.6 is 0 Å². The van der Waals surface area contributed by atoms with Crippen LogP contribution in [0.15, 0.2) is 72.8 Å². The summed E-state index contributed by atoms with van der Waals surface area (Å²) in [4.78, 5) is 11.7. The maximum absolute atomic E-state index is 11.7. The van der Waals surface area contributed by atoms with Gasteiger partial charge in [-0.05, 0) is 36.2 Å². The molecule has 2 nitrogen and oxygen atoms in total. The monoisotopic (exact) mass is 299 g/mol. The molecule has 1 heterocycles. The van der Waals surface area contributed by atoms with Gasteiger partial charge >= 0.3 is 0 Å². The number of carbonyl (C=O) groups excluding carboxylic acids is 1.